The molecule has 0 aromatic heterocycles. The molecular weight excluding hydrogens is 344 g/mol. The quantitative estimate of drug-likeness (QED) is 0.754. The van der Waals surface area contributed by atoms with Crippen LogP contribution in [-0.2, 0) is 16.0 Å². The molecule has 1 aromatic carbocycles. The molecule has 1 unspecified atom stereocenters. The highest BCUT2D eigenvalue weighted by Gasteiger charge is 2.28. The van der Waals surface area contributed by atoms with Crippen molar-refractivity contribution in [2.24, 2.45) is 5.41 Å². The van der Waals surface area contributed by atoms with Gasteiger partial charge in [-0.15, -0.1) is 0 Å². The average Bonchev–Trinajstić information content (AvgIpc) is 2.45. The molecule has 4 nitrogen and oxygen atoms in total. The van der Waals surface area contributed by atoms with Gasteiger partial charge < -0.3 is 10.6 Å². The normalized spacial score (nSPS) is 12.6. The monoisotopic (exact) mass is 368 g/mol. The van der Waals surface area contributed by atoms with Crippen LogP contribution in [0.25, 0.3) is 0 Å². The number of nitrogens with one attached hydrogen (secondary N) is 2. The number of hydrogen-bond acceptors (Lipinski definition) is 2. The molecule has 1 atom stereocenters. The maximum absolute atomic E-state index is 12.0. The van der Waals surface area contributed by atoms with Gasteiger partial charge in [-0.3, -0.25) is 9.59 Å². The van der Waals surface area contributed by atoms with Gasteiger partial charge >= 0.3 is 0 Å². The van der Waals surface area contributed by atoms with Crippen molar-refractivity contribution in [3.63, 3.8) is 0 Å². The van der Waals surface area contributed by atoms with Crippen LogP contribution < -0.4 is 10.6 Å². The van der Waals surface area contributed by atoms with Crippen molar-refractivity contribution in [1.29, 1.82) is 0 Å². The van der Waals surface area contributed by atoms with E-state index in [0.717, 1.165) is 17.7 Å². The van der Waals surface area contributed by atoms with Crippen molar-refractivity contribution >= 4 is 33.4 Å². The summed E-state index contributed by atoms with van der Waals surface area (Å²) in [6, 6.07) is 7.74. The molecule has 22 heavy (non-hydrogen) atoms. The number of amides is 2. The first-order valence-corrected chi connectivity index (χ1v) is 8.46. The van der Waals surface area contributed by atoms with Crippen LogP contribution in [0.5, 0.6) is 0 Å². The largest absolute Gasteiger partial charge is 0.355 e. The van der Waals surface area contributed by atoms with E-state index in [1.807, 2.05) is 52.0 Å². The summed E-state index contributed by atoms with van der Waals surface area (Å²) in [6.45, 7) is 8.34. The lowest BCUT2D eigenvalue weighted by atomic mass is 9.92. The van der Waals surface area contributed by atoms with Crippen molar-refractivity contribution in [2.75, 3.05) is 11.9 Å². The molecule has 122 valence electrons. The maximum atomic E-state index is 12.0. The van der Waals surface area contributed by atoms with Gasteiger partial charge in [-0.25, -0.2) is 0 Å². The summed E-state index contributed by atoms with van der Waals surface area (Å²) in [6.07, 6.45) is 1.12. The Morgan fingerprint density at radius 2 is 1.86 bits per heavy atom. The molecule has 5 heteroatoms. The lowest BCUT2D eigenvalue weighted by Gasteiger charge is -2.24. The van der Waals surface area contributed by atoms with Crippen LogP contribution in [0.15, 0.2) is 24.3 Å². The fraction of sp³-hybridized carbons (Fsp3) is 0.529. The van der Waals surface area contributed by atoms with Gasteiger partial charge in [-0.2, -0.15) is 0 Å². The SMILES string of the molecule is CCc1ccccc1NC(=O)CCNC(=O)C(Br)C(C)(C)C. The minimum Gasteiger partial charge on any atom is -0.355 e. The molecule has 0 aliphatic heterocycles. The first-order valence-electron chi connectivity index (χ1n) is 7.55. The summed E-state index contributed by atoms with van der Waals surface area (Å²) < 4.78 is 0. The Kier molecular flexibility index (Phi) is 7.07. The third-order valence-electron chi connectivity index (χ3n) is 3.31. The van der Waals surface area contributed by atoms with E-state index in [-0.39, 0.29) is 28.5 Å². The topological polar surface area (TPSA) is 58.2 Å². The molecule has 0 heterocycles. The molecule has 0 aliphatic carbocycles. The lowest BCUT2D eigenvalue weighted by Crippen LogP contribution is -2.39. The molecule has 2 N–H and O–H groups in total. The smallest absolute Gasteiger partial charge is 0.234 e. The van der Waals surface area contributed by atoms with Gasteiger partial charge in [-0.05, 0) is 23.5 Å². The fourth-order valence-corrected chi connectivity index (χ4v) is 2.11. The summed E-state index contributed by atoms with van der Waals surface area (Å²) in [5.74, 6) is -0.183. The zero-order chi connectivity index (χ0) is 16.8. The Morgan fingerprint density at radius 3 is 2.45 bits per heavy atom. The van der Waals surface area contributed by atoms with Crippen LogP contribution in [0.4, 0.5) is 5.69 Å². The maximum Gasteiger partial charge on any atom is 0.234 e. The number of benzene rings is 1. The molecule has 0 radical (unpaired) electrons. The first kappa shape index (κ1) is 18.7. The minimum absolute atomic E-state index is 0.0886. The Balaban J connectivity index is 2.43. The lowest BCUT2D eigenvalue weighted by molar-refractivity contribution is -0.122. The van der Waals surface area contributed by atoms with E-state index in [4.69, 9.17) is 0 Å². The standard InChI is InChI=1S/C17H25BrN2O2/c1-5-12-8-6-7-9-13(12)20-14(21)10-11-19-16(22)15(18)17(2,3)4/h6-9,15H,5,10-11H2,1-4H3,(H,19,22)(H,20,21). The van der Waals surface area contributed by atoms with Crippen LogP contribution in [-0.4, -0.2) is 23.2 Å². The fourth-order valence-electron chi connectivity index (χ4n) is 1.95. The third-order valence-corrected chi connectivity index (χ3v) is 5.10. The molecular formula is C17H25BrN2O2. The highest BCUT2D eigenvalue weighted by molar-refractivity contribution is 9.10. The highest BCUT2D eigenvalue weighted by atomic mass is 79.9. The van der Waals surface area contributed by atoms with Gasteiger partial charge in [0.1, 0.15) is 0 Å². The number of carbonyl (C=O) groups excluding carboxylic acids is 2. The van der Waals surface area contributed by atoms with Gasteiger partial charge in [0, 0.05) is 18.7 Å². The van der Waals surface area contributed by atoms with Gasteiger partial charge in [0.15, 0.2) is 0 Å². The first-order chi connectivity index (χ1) is 10.3. The number of carbonyl (C=O) groups is 2. The Morgan fingerprint density at radius 1 is 1.23 bits per heavy atom. The predicted molar refractivity (Wildman–Crippen MR) is 94.2 cm³/mol. The van der Waals surface area contributed by atoms with Crippen LogP contribution in [0, 0.1) is 5.41 Å². The second-order valence-electron chi connectivity index (χ2n) is 6.33. The van der Waals surface area contributed by atoms with Crippen molar-refractivity contribution < 1.29 is 9.59 Å². The number of rotatable bonds is 6. The molecule has 1 aromatic rings. The van der Waals surface area contributed by atoms with E-state index in [0.29, 0.717) is 6.54 Å². The van der Waals surface area contributed by atoms with Crippen LogP contribution in [0.2, 0.25) is 0 Å². The molecule has 0 fully saturated rings. The van der Waals surface area contributed by atoms with Crippen molar-refractivity contribution in [2.45, 2.75) is 45.4 Å². The van der Waals surface area contributed by atoms with Crippen LogP contribution in [0.1, 0.15) is 39.7 Å². The van der Waals surface area contributed by atoms with Crippen molar-refractivity contribution in [3.8, 4) is 0 Å². The van der Waals surface area contributed by atoms with E-state index in [9.17, 15) is 9.59 Å². The molecule has 0 bridgehead atoms. The Labute approximate surface area is 141 Å². The Bertz CT molecular complexity index is 524. The average molecular weight is 369 g/mol. The summed E-state index contributed by atoms with van der Waals surface area (Å²) in [5, 5.41) is 5.68. The number of halogens is 1. The van der Waals surface area contributed by atoms with Gasteiger partial charge in [0.25, 0.3) is 0 Å². The van der Waals surface area contributed by atoms with Crippen molar-refractivity contribution in [1.82, 2.24) is 5.32 Å². The van der Waals surface area contributed by atoms with Crippen LogP contribution in [0.3, 0.4) is 0 Å². The molecule has 1 rings (SSSR count). The molecule has 0 spiro atoms. The number of alkyl halides is 1. The minimum atomic E-state index is -0.274. The number of aryl methyl sites for hydroxylation is 1. The summed E-state index contributed by atoms with van der Waals surface area (Å²) in [5.41, 5.74) is 1.79. The van der Waals surface area contributed by atoms with E-state index < -0.39 is 0 Å². The third kappa shape index (κ3) is 5.79. The van der Waals surface area contributed by atoms with Crippen molar-refractivity contribution in [3.05, 3.63) is 29.8 Å². The van der Waals surface area contributed by atoms with Gasteiger partial charge in [-0.1, -0.05) is 61.8 Å². The molecule has 0 saturated carbocycles. The summed E-state index contributed by atoms with van der Waals surface area (Å²) in [4.78, 5) is 23.6. The number of hydrogen-bond donors (Lipinski definition) is 2. The zero-order valence-corrected chi connectivity index (χ0v) is 15.3. The molecule has 2 amide bonds. The number of para-hydroxylation sites is 1. The predicted octanol–water partition coefficient (Wildman–Crippen LogP) is 3.50. The Hall–Kier alpha value is -1.36. The number of anilines is 1. The van der Waals surface area contributed by atoms with E-state index in [1.54, 1.807) is 0 Å². The van der Waals surface area contributed by atoms with E-state index in [2.05, 4.69) is 26.6 Å². The summed E-state index contributed by atoms with van der Waals surface area (Å²) >= 11 is 3.39. The molecule has 0 saturated heterocycles. The highest BCUT2D eigenvalue weighted by Crippen LogP contribution is 2.25. The second-order valence-corrected chi connectivity index (χ2v) is 7.24. The summed E-state index contributed by atoms with van der Waals surface area (Å²) in [7, 11) is 0. The van der Waals surface area contributed by atoms with E-state index in [1.165, 1.54) is 0 Å². The van der Waals surface area contributed by atoms with Crippen LogP contribution >= 0.6 is 15.9 Å². The zero-order valence-electron chi connectivity index (χ0n) is 13.7. The van der Waals surface area contributed by atoms with Gasteiger partial charge in [0.05, 0.1) is 4.83 Å². The van der Waals surface area contributed by atoms with Gasteiger partial charge in [0.2, 0.25) is 11.8 Å². The molecule has 0 aliphatic rings. The second kappa shape index (κ2) is 8.32. The van der Waals surface area contributed by atoms with E-state index >= 15 is 0 Å².